The van der Waals surface area contributed by atoms with E-state index in [0.29, 0.717) is 22.0 Å². The van der Waals surface area contributed by atoms with E-state index in [0.717, 1.165) is 29.7 Å². The molecule has 1 N–H and O–H groups in total. The van der Waals surface area contributed by atoms with Crippen molar-refractivity contribution in [3.8, 4) is 17.0 Å². The van der Waals surface area contributed by atoms with Crippen LogP contribution in [0.5, 0.6) is 5.75 Å². The lowest BCUT2D eigenvalue weighted by molar-refractivity contribution is 0.102. The maximum absolute atomic E-state index is 12.7. The number of nitrogens with one attached hydrogen (secondary N) is 1. The van der Waals surface area contributed by atoms with Crippen molar-refractivity contribution < 1.29 is 9.53 Å². The van der Waals surface area contributed by atoms with Gasteiger partial charge in [0, 0.05) is 23.0 Å². The zero-order valence-electron chi connectivity index (χ0n) is 15.3. The highest BCUT2D eigenvalue weighted by Gasteiger charge is 2.15. The standard InChI is InChI=1S/C22H21ClN2O2/c1-3-7-15-8-4-5-10-19(15)25-22(26)16-11-12-17(20(14-16)27-2)21-18(23)9-6-13-24-21/h4-6,8-14H,3,7H2,1-2H3,(H,25,26). The molecule has 138 valence electrons. The van der Waals surface area contributed by atoms with Gasteiger partial charge in [0.1, 0.15) is 5.75 Å². The van der Waals surface area contributed by atoms with E-state index < -0.39 is 0 Å². The van der Waals surface area contributed by atoms with Gasteiger partial charge in [-0.2, -0.15) is 0 Å². The van der Waals surface area contributed by atoms with E-state index in [4.69, 9.17) is 16.3 Å². The maximum Gasteiger partial charge on any atom is 0.255 e. The third-order valence-electron chi connectivity index (χ3n) is 4.26. The molecular weight excluding hydrogens is 360 g/mol. The monoisotopic (exact) mass is 380 g/mol. The van der Waals surface area contributed by atoms with Gasteiger partial charge in [-0.25, -0.2) is 0 Å². The number of pyridine rings is 1. The number of anilines is 1. The minimum absolute atomic E-state index is 0.185. The van der Waals surface area contributed by atoms with E-state index in [1.54, 1.807) is 43.6 Å². The van der Waals surface area contributed by atoms with Gasteiger partial charge in [0.2, 0.25) is 0 Å². The van der Waals surface area contributed by atoms with Crippen molar-refractivity contribution >= 4 is 23.2 Å². The van der Waals surface area contributed by atoms with Crippen LogP contribution in [0.4, 0.5) is 5.69 Å². The van der Waals surface area contributed by atoms with Crippen molar-refractivity contribution in [2.24, 2.45) is 0 Å². The summed E-state index contributed by atoms with van der Waals surface area (Å²) in [6.07, 6.45) is 3.60. The summed E-state index contributed by atoms with van der Waals surface area (Å²) in [6, 6.07) is 16.7. The van der Waals surface area contributed by atoms with Crippen LogP contribution in [0.1, 0.15) is 29.3 Å². The van der Waals surface area contributed by atoms with Gasteiger partial charge < -0.3 is 10.1 Å². The number of nitrogens with zero attached hydrogens (tertiary/aromatic N) is 1. The highest BCUT2D eigenvalue weighted by molar-refractivity contribution is 6.33. The molecule has 0 bridgehead atoms. The first-order valence-corrected chi connectivity index (χ1v) is 9.20. The van der Waals surface area contributed by atoms with E-state index in [1.165, 1.54) is 0 Å². The van der Waals surface area contributed by atoms with Gasteiger partial charge in [-0.1, -0.05) is 43.1 Å². The molecule has 0 radical (unpaired) electrons. The number of aromatic nitrogens is 1. The average Bonchev–Trinajstić information content (AvgIpc) is 2.69. The molecule has 27 heavy (non-hydrogen) atoms. The molecule has 3 rings (SSSR count). The Morgan fingerprint density at radius 3 is 2.70 bits per heavy atom. The fourth-order valence-corrected chi connectivity index (χ4v) is 3.16. The number of hydrogen-bond donors (Lipinski definition) is 1. The van der Waals surface area contributed by atoms with Gasteiger partial charge in [-0.15, -0.1) is 0 Å². The summed E-state index contributed by atoms with van der Waals surface area (Å²) < 4.78 is 5.48. The van der Waals surface area contributed by atoms with E-state index in [9.17, 15) is 4.79 Å². The largest absolute Gasteiger partial charge is 0.496 e. The predicted octanol–water partition coefficient (Wildman–Crippen LogP) is 5.62. The van der Waals surface area contributed by atoms with E-state index in [2.05, 4.69) is 17.2 Å². The topological polar surface area (TPSA) is 51.2 Å². The maximum atomic E-state index is 12.7. The van der Waals surface area contributed by atoms with Crippen LogP contribution < -0.4 is 10.1 Å². The quantitative estimate of drug-likeness (QED) is 0.604. The van der Waals surface area contributed by atoms with Crippen molar-refractivity contribution in [2.45, 2.75) is 19.8 Å². The van der Waals surface area contributed by atoms with Crippen LogP contribution in [0.3, 0.4) is 0 Å². The summed E-state index contributed by atoms with van der Waals surface area (Å²) in [7, 11) is 1.56. The van der Waals surface area contributed by atoms with Crippen LogP contribution in [0.15, 0.2) is 60.8 Å². The van der Waals surface area contributed by atoms with Crippen LogP contribution in [-0.4, -0.2) is 18.0 Å². The first-order chi connectivity index (χ1) is 13.1. The molecule has 0 unspecified atom stereocenters. The number of methoxy groups -OCH3 is 1. The molecule has 5 heteroatoms. The molecular formula is C22H21ClN2O2. The SMILES string of the molecule is CCCc1ccccc1NC(=O)c1ccc(-c2ncccc2Cl)c(OC)c1. The first-order valence-electron chi connectivity index (χ1n) is 8.82. The van der Waals surface area contributed by atoms with Crippen molar-refractivity contribution in [2.75, 3.05) is 12.4 Å². The van der Waals surface area contributed by atoms with Crippen LogP contribution in [-0.2, 0) is 6.42 Å². The van der Waals surface area contributed by atoms with E-state index >= 15 is 0 Å². The van der Waals surface area contributed by atoms with Crippen LogP contribution in [0.2, 0.25) is 5.02 Å². The fourth-order valence-electron chi connectivity index (χ4n) is 2.94. The normalized spacial score (nSPS) is 10.5. The Labute approximate surface area is 164 Å². The number of para-hydroxylation sites is 1. The number of aryl methyl sites for hydroxylation is 1. The van der Waals surface area contributed by atoms with Gasteiger partial charge in [0.15, 0.2) is 0 Å². The molecule has 4 nitrogen and oxygen atoms in total. The molecule has 0 spiro atoms. The van der Waals surface area contributed by atoms with Crippen molar-refractivity contribution in [1.82, 2.24) is 4.98 Å². The molecule has 0 aliphatic heterocycles. The number of carbonyl (C=O) groups excluding carboxylic acids is 1. The van der Waals surface area contributed by atoms with Gasteiger partial charge in [0.05, 0.1) is 17.8 Å². The lowest BCUT2D eigenvalue weighted by Crippen LogP contribution is -2.13. The fraction of sp³-hybridized carbons (Fsp3) is 0.182. The summed E-state index contributed by atoms with van der Waals surface area (Å²) in [6.45, 7) is 2.12. The number of rotatable bonds is 6. The molecule has 0 fully saturated rings. The Morgan fingerprint density at radius 1 is 1.15 bits per heavy atom. The van der Waals surface area contributed by atoms with E-state index in [1.807, 2.05) is 24.3 Å². The number of hydrogen-bond acceptors (Lipinski definition) is 3. The minimum atomic E-state index is -0.185. The highest BCUT2D eigenvalue weighted by atomic mass is 35.5. The number of carbonyl (C=O) groups is 1. The predicted molar refractivity (Wildman–Crippen MR) is 110 cm³/mol. The Bertz CT molecular complexity index is 957. The number of ether oxygens (including phenoxy) is 1. The molecule has 0 saturated heterocycles. The van der Waals surface area contributed by atoms with Crippen molar-refractivity contribution in [1.29, 1.82) is 0 Å². The Kier molecular flexibility index (Phi) is 6.09. The van der Waals surface area contributed by atoms with E-state index in [-0.39, 0.29) is 5.91 Å². The molecule has 0 atom stereocenters. The highest BCUT2D eigenvalue weighted by Crippen LogP contribution is 2.34. The Morgan fingerprint density at radius 2 is 1.96 bits per heavy atom. The third-order valence-corrected chi connectivity index (χ3v) is 4.57. The number of amides is 1. The molecule has 1 amide bonds. The molecule has 2 aromatic carbocycles. The Balaban J connectivity index is 1.90. The summed E-state index contributed by atoms with van der Waals surface area (Å²) >= 11 is 6.25. The lowest BCUT2D eigenvalue weighted by atomic mass is 10.0. The summed E-state index contributed by atoms with van der Waals surface area (Å²) in [5.41, 5.74) is 3.83. The zero-order chi connectivity index (χ0) is 19.2. The van der Waals surface area contributed by atoms with Gasteiger partial charge in [0.25, 0.3) is 5.91 Å². The van der Waals surface area contributed by atoms with Gasteiger partial charge >= 0.3 is 0 Å². The van der Waals surface area contributed by atoms with Gasteiger partial charge in [-0.3, -0.25) is 9.78 Å². The second kappa shape index (κ2) is 8.69. The first kappa shape index (κ1) is 18.9. The molecule has 0 saturated carbocycles. The summed E-state index contributed by atoms with van der Waals surface area (Å²) in [5, 5.41) is 3.53. The minimum Gasteiger partial charge on any atom is -0.496 e. The van der Waals surface area contributed by atoms with Crippen LogP contribution in [0, 0.1) is 0 Å². The molecule has 1 heterocycles. The second-order valence-corrected chi connectivity index (χ2v) is 6.52. The summed E-state index contributed by atoms with van der Waals surface area (Å²) in [4.78, 5) is 17.1. The summed E-state index contributed by atoms with van der Waals surface area (Å²) in [5.74, 6) is 0.362. The molecule has 0 aliphatic rings. The number of halogens is 1. The van der Waals surface area contributed by atoms with Crippen molar-refractivity contribution in [3.63, 3.8) is 0 Å². The molecule has 3 aromatic rings. The van der Waals surface area contributed by atoms with Gasteiger partial charge in [-0.05, 0) is 48.4 Å². The smallest absolute Gasteiger partial charge is 0.255 e. The van der Waals surface area contributed by atoms with Crippen LogP contribution >= 0.6 is 11.6 Å². The Hall–Kier alpha value is -2.85. The third kappa shape index (κ3) is 4.29. The second-order valence-electron chi connectivity index (χ2n) is 6.11. The molecule has 1 aromatic heterocycles. The zero-order valence-corrected chi connectivity index (χ0v) is 16.1. The van der Waals surface area contributed by atoms with Crippen LogP contribution in [0.25, 0.3) is 11.3 Å². The average molecular weight is 381 g/mol. The lowest BCUT2D eigenvalue weighted by Gasteiger charge is -2.13. The molecule has 0 aliphatic carbocycles. The van der Waals surface area contributed by atoms with Crippen molar-refractivity contribution in [3.05, 3.63) is 76.9 Å². The number of benzene rings is 2.